The molecule has 0 unspecified atom stereocenters. The topological polar surface area (TPSA) is 0 Å². The molecule has 0 N–H and O–H groups in total. The van der Waals surface area contributed by atoms with Crippen LogP contribution in [0, 0.1) is 0 Å². The van der Waals surface area contributed by atoms with Crippen molar-refractivity contribution in [2.45, 2.75) is 0 Å². The average molecular weight is 725 g/mol. The fourth-order valence-electron chi connectivity index (χ4n) is 3.21. The van der Waals surface area contributed by atoms with Crippen molar-refractivity contribution in [3.63, 3.8) is 0 Å². The standard InChI is InChI=1S/C24H20Br2S8/c1-27-21-22(28-2)32-19(31-21)17(13-5-9-15(25)10-6-13)18(14-7-11-16(26)12-8-14)20-33-23(29-3)24(30-4)34-20/h5-12H,1-4H3. The lowest BCUT2D eigenvalue weighted by Crippen LogP contribution is -1.95. The molecule has 0 aromatic heterocycles. The van der Waals surface area contributed by atoms with Crippen LogP contribution in [0.15, 0.2) is 82.9 Å². The first-order valence-corrected chi connectivity index (χ1v) is 19.6. The van der Waals surface area contributed by atoms with E-state index < -0.39 is 0 Å². The zero-order chi connectivity index (χ0) is 24.2. The highest BCUT2D eigenvalue weighted by molar-refractivity contribution is 9.10. The monoisotopic (exact) mass is 722 g/mol. The molecule has 0 amide bonds. The molecule has 2 aromatic rings. The molecule has 0 fully saturated rings. The van der Waals surface area contributed by atoms with Gasteiger partial charge in [0.05, 0.1) is 25.4 Å². The molecule has 4 rings (SSSR count). The van der Waals surface area contributed by atoms with Crippen molar-refractivity contribution in [1.29, 1.82) is 0 Å². The van der Waals surface area contributed by atoms with E-state index in [-0.39, 0.29) is 0 Å². The van der Waals surface area contributed by atoms with E-state index in [4.69, 9.17) is 0 Å². The van der Waals surface area contributed by atoms with E-state index >= 15 is 0 Å². The highest BCUT2D eigenvalue weighted by Crippen LogP contribution is 2.63. The van der Waals surface area contributed by atoms with E-state index in [0.29, 0.717) is 0 Å². The first-order valence-electron chi connectivity index (χ1n) is 9.85. The Bertz CT molecular complexity index is 1060. The molecule has 10 heteroatoms. The Hall–Kier alpha value is 1.16. The molecule has 2 aliphatic rings. The predicted molar refractivity (Wildman–Crippen MR) is 181 cm³/mol. The lowest BCUT2D eigenvalue weighted by Gasteiger charge is -2.19. The Morgan fingerprint density at radius 3 is 1.00 bits per heavy atom. The van der Waals surface area contributed by atoms with E-state index in [1.54, 1.807) is 0 Å². The quantitative estimate of drug-likeness (QED) is 0.273. The Kier molecular flexibility index (Phi) is 11.0. The Morgan fingerprint density at radius 1 is 0.500 bits per heavy atom. The van der Waals surface area contributed by atoms with Crippen molar-refractivity contribution < 1.29 is 0 Å². The van der Waals surface area contributed by atoms with Crippen molar-refractivity contribution in [2.24, 2.45) is 0 Å². The molecule has 34 heavy (non-hydrogen) atoms. The van der Waals surface area contributed by atoms with E-state index in [1.807, 2.05) is 94.1 Å². The number of rotatable bonds is 7. The maximum atomic E-state index is 3.63. The molecule has 2 heterocycles. The number of halogens is 2. The van der Waals surface area contributed by atoms with Crippen molar-refractivity contribution >= 4 is 137 Å². The Morgan fingerprint density at radius 2 is 0.765 bits per heavy atom. The van der Waals surface area contributed by atoms with Crippen LogP contribution in [0.4, 0.5) is 0 Å². The second-order valence-electron chi connectivity index (χ2n) is 6.71. The van der Waals surface area contributed by atoms with Gasteiger partial charge in [-0.15, -0.1) is 47.0 Å². The summed E-state index contributed by atoms with van der Waals surface area (Å²) >= 11 is 22.3. The second-order valence-corrected chi connectivity index (χ2v) is 17.4. The minimum atomic E-state index is 1.10. The molecule has 0 radical (unpaired) electrons. The third-order valence-electron chi connectivity index (χ3n) is 4.74. The normalized spacial score (nSPS) is 16.2. The SMILES string of the molecule is CSC1=C(SC)SC(=C(C(=C2SC(SC)=C(SC)S2)c2ccc(Br)cc2)c2ccc(Br)cc2)S1. The van der Waals surface area contributed by atoms with Gasteiger partial charge >= 0.3 is 0 Å². The van der Waals surface area contributed by atoms with Gasteiger partial charge in [-0.25, -0.2) is 0 Å². The maximum Gasteiger partial charge on any atom is 0.0657 e. The third kappa shape index (κ3) is 6.41. The number of hydrogen-bond acceptors (Lipinski definition) is 8. The fourth-order valence-corrected chi connectivity index (χ4v) is 14.0. The van der Waals surface area contributed by atoms with Crippen molar-refractivity contribution in [2.75, 3.05) is 25.0 Å². The molecule has 0 bridgehead atoms. The molecule has 0 saturated heterocycles. The van der Waals surface area contributed by atoms with Gasteiger partial charge in [0.1, 0.15) is 0 Å². The summed E-state index contributed by atoms with van der Waals surface area (Å²) in [5.74, 6) is 0. The van der Waals surface area contributed by atoms with Crippen LogP contribution in [-0.4, -0.2) is 25.0 Å². The molecule has 0 saturated carbocycles. The van der Waals surface area contributed by atoms with Gasteiger partial charge in [0, 0.05) is 20.1 Å². The van der Waals surface area contributed by atoms with Crippen LogP contribution in [0.1, 0.15) is 11.1 Å². The van der Waals surface area contributed by atoms with Crippen LogP contribution >= 0.6 is 126 Å². The first kappa shape index (κ1) is 28.2. The molecule has 0 atom stereocenters. The molecule has 178 valence electrons. The van der Waals surface area contributed by atoms with Gasteiger partial charge in [0.25, 0.3) is 0 Å². The van der Waals surface area contributed by atoms with E-state index in [9.17, 15) is 0 Å². The summed E-state index contributed by atoms with van der Waals surface area (Å²) in [6.45, 7) is 0. The number of allylic oxidation sites excluding steroid dienone is 2. The summed E-state index contributed by atoms with van der Waals surface area (Å²) in [4.78, 5) is 0. The summed E-state index contributed by atoms with van der Waals surface area (Å²) in [6.07, 6.45) is 8.71. The summed E-state index contributed by atoms with van der Waals surface area (Å²) in [6, 6.07) is 17.6. The molecule has 0 aliphatic carbocycles. The lowest BCUT2D eigenvalue weighted by molar-refractivity contribution is 1.55. The minimum Gasteiger partial charge on any atom is -0.121 e. The average Bonchev–Trinajstić information content (AvgIpc) is 3.47. The maximum absolute atomic E-state index is 3.63. The van der Waals surface area contributed by atoms with Gasteiger partial charge in [-0.1, -0.05) is 103 Å². The summed E-state index contributed by atoms with van der Waals surface area (Å²) in [5.41, 5.74) is 5.13. The molecular formula is C24H20Br2S8. The van der Waals surface area contributed by atoms with Crippen LogP contribution in [0.25, 0.3) is 11.1 Å². The highest BCUT2D eigenvalue weighted by atomic mass is 79.9. The van der Waals surface area contributed by atoms with Gasteiger partial charge < -0.3 is 0 Å². The van der Waals surface area contributed by atoms with E-state index in [1.165, 1.54) is 47.7 Å². The number of benzene rings is 2. The zero-order valence-corrected chi connectivity index (χ0v) is 28.3. The molecule has 0 spiro atoms. The Balaban J connectivity index is 1.97. The van der Waals surface area contributed by atoms with Crippen LogP contribution in [0.2, 0.25) is 0 Å². The highest BCUT2D eigenvalue weighted by Gasteiger charge is 2.31. The lowest BCUT2D eigenvalue weighted by atomic mass is 9.95. The van der Waals surface area contributed by atoms with Crippen LogP contribution in [-0.2, 0) is 0 Å². The predicted octanol–water partition coefficient (Wildman–Crippen LogP) is 11.9. The Labute approximate surface area is 253 Å². The summed E-state index contributed by atoms with van der Waals surface area (Å²) in [7, 11) is 0. The van der Waals surface area contributed by atoms with Gasteiger partial charge in [0.2, 0.25) is 0 Å². The van der Waals surface area contributed by atoms with Crippen LogP contribution in [0.5, 0.6) is 0 Å². The van der Waals surface area contributed by atoms with Gasteiger partial charge in [-0.2, -0.15) is 0 Å². The largest absolute Gasteiger partial charge is 0.121 e. The van der Waals surface area contributed by atoms with Gasteiger partial charge in [-0.05, 0) is 60.4 Å². The van der Waals surface area contributed by atoms with Crippen LogP contribution < -0.4 is 0 Å². The third-order valence-corrected chi connectivity index (χ3v) is 16.2. The smallest absolute Gasteiger partial charge is 0.0657 e. The van der Waals surface area contributed by atoms with Crippen molar-refractivity contribution in [3.8, 4) is 0 Å². The summed E-state index contributed by atoms with van der Waals surface area (Å²) in [5, 5.41) is 0. The number of thioether (sulfide) groups is 8. The molecule has 0 nitrogen and oxygen atoms in total. The number of hydrogen-bond donors (Lipinski definition) is 0. The van der Waals surface area contributed by atoms with Crippen molar-refractivity contribution in [3.05, 3.63) is 94.0 Å². The van der Waals surface area contributed by atoms with Gasteiger partial charge in [0.15, 0.2) is 0 Å². The zero-order valence-electron chi connectivity index (χ0n) is 18.6. The summed E-state index contributed by atoms with van der Waals surface area (Å²) < 4.78 is 10.5. The molecule has 2 aliphatic heterocycles. The molecular weight excluding hydrogens is 705 g/mol. The first-order chi connectivity index (χ1) is 16.5. The fraction of sp³-hybridized carbons (Fsp3) is 0.167. The van der Waals surface area contributed by atoms with Crippen molar-refractivity contribution in [1.82, 2.24) is 0 Å². The van der Waals surface area contributed by atoms with Gasteiger partial charge in [-0.3, -0.25) is 0 Å². The minimum absolute atomic E-state index is 1.10. The second kappa shape index (κ2) is 13.3. The molecule has 2 aromatic carbocycles. The van der Waals surface area contributed by atoms with Crippen LogP contribution in [0.3, 0.4) is 0 Å². The van der Waals surface area contributed by atoms with E-state index in [2.05, 4.69) is 105 Å². The van der Waals surface area contributed by atoms with E-state index in [0.717, 1.165) is 8.95 Å².